The van der Waals surface area contributed by atoms with Crippen molar-refractivity contribution >= 4 is 23.1 Å². The van der Waals surface area contributed by atoms with E-state index in [1.807, 2.05) is 30.3 Å². The second kappa shape index (κ2) is 6.77. The fraction of sp³-hybridized carbons (Fsp3) is 0.143. The molecule has 1 aliphatic rings. The second-order valence-corrected chi connectivity index (χ2v) is 6.11. The molecule has 0 spiro atoms. The summed E-state index contributed by atoms with van der Waals surface area (Å²) in [7, 11) is 0. The Morgan fingerprint density at radius 3 is 2.56 bits per heavy atom. The molecule has 0 atom stereocenters. The van der Waals surface area contributed by atoms with Crippen molar-refractivity contribution in [3.63, 3.8) is 0 Å². The summed E-state index contributed by atoms with van der Waals surface area (Å²) in [5.41, 5.74) is 3.92. The number of fused-ring (bicyclic) bond motifs is 1. The Bertz CT molecular complexity index is 875. The van der Waals surface area contributed by atoms with Crippen molar-refractivity contribution in [3.8, 4) is 0 Å². The lowest BCUT2D eigenvalue weighted by atomic mass is 10.0. The van der Waals surface area contributed by atoms with Gasteiger partial charge in [0.05, 0.1) is 11.9 Å². The third kappa shape index (κ3) is 3.24. The maximum Gasteiger partial charge on any atom is 0.255 e. The van der Waals surface area contributed by atoms with Gasteiger partial charge in [-0.1, -0.05) is 36.4 Å². The summed E-state index contributed by atoms with van der Waals surface area (Å²) in [6.07, 6.45) is 3.94. The minimum atomic E-state index is -0.126. The highest BCUT2D eigenvalue weighted by Gasteiger charge is 2.18. The fourth-order valence-corrected chi connectivity index (χ4v) is 3.18. The van der Waals surface area contributed by atoms with Crippen LogP contribution in [0.5, 0.6) is 0 Å². The predicted molar refractivity (Wildman–Crippen MR) is 100 cm³/mol. The molecular weight excluding hydrogens is 310 g/mol. The van der Waals surface area contributed by atoms with Crippen molar-refractivity contribution in [2.24, 2.45) is 0 Å². The number of amides is 1. The number of anilines is 3. The van der Waals surface area contributed by atoms with Crippen molar-refractivity contribution in [2.45, 2.75) is 12.8 Å². The number of para-hydroxylation sites is 1. The lowest BCUT2D eigenvalue weighted by molar-refractivity contribution is 0.102. The van der Waals surface area contributed by atoms with Gasteiger partial charge in [0, 0.05) is 17.8 Å². The smallest absolute Gasteiger partial charge is 0.255 e. The fourth-order valence-electron chi connectivity index (χ4n) is 3.18. The lowest BCUT2D eigenvalue weighted by Gasteiger charge is -2.30. The molecule has 2 aromatic carbocycles. The van der Waals surface area contributed by atoms with Gasteiger partial charge in [-0.2, -0.15) is 0 Å². The topological polar surface area (TPSA) is 45.2 Å². The number of pyridine rings is 1. The molecule has 25 heavy (non-hydrogen) atoms. The van der Waals surface area contributed by atoms with Crippen molar-refractivity contribution in [3.05, 3.63) is 84.1 Å². The largest absolute Gasteiger partial charge is 0.326 e. The van der Waals surface area contributed by atoms with Crippen LogP contribution in [-0.2, 0) is 6.42 Å². The number of nitrogens with zero attached hydrogens (tertiary/aromatic N) is 2. The first-order valence-electron chi connectivity index (χ1n) is 8.49. The van der Waals surface area contributed by atoms with Gasteiger partial charge in [-0.25, -0.2) is 4.98 Å². The highest BCUT2D eigenvalue weighted by atomic mass is 16.1. The van der Waals surface area contributed by atoms with Crippen molar-refractivity contribution in [2.75, 3.05) is 16.8 Å². The molecule has 0 radical (unpaired) electrons. The first-order valence-corrected chi connectivity index (χ1v) is 8.49. The molecule has 1 N–H and O–H groups in total. The summed E-state index contributed by atoms with van der Waals surface area (Å²) in [5, 5.41) is 2.89. The van der Waals surface area contributed by atoms with Gasteiger partial charge in [0.25, 0.3) is 5.91 Å². The Labute approximate surface area is 147 Å². The highest BCUT2D eigenvalue weighted by Crippen LogP contribution is 2.32. The molecule has 0 fully saturated rings. The molecule has 0 saturated heterocycles. The molecule has 3 aromatic rings. The minimum absolute atomic E-state index is 0.126. The van der Waals surface area contributed by atoms with Crippen LogP contribution in [-0.4, -0.2) is 17.4 Å². The summed E-state index contributed by atoms with van der Waals surface area (Å²) in [4.78, 5) is 19.0. The first-order chi connectivity index (χ1) is 12.3. The number of carbonyl (C=O) groups is 1. The maximum absolute atomic E-state index is 12.2. The quantitative estimate of drug-likeness (QED) is 0.774. The van der Waals surface area contributed by atoms with Gasteiger partial charge in [-0.05, 0) is 48.7 Å². The van der Waals surface area contributed by atoms with Gasteiger partial charge in [-0.15, -0.1) is 0 Å². The SMILES string of the molecule is O=C(Nc1ccc(N2CCCc3ccccc32)nc1)c1ccccc1. The van der Waals surface area contributed by atoms with Crippen LogP contribution in [0.2, 0.25) is 0 Å². The second-order valence-electron chi connectivity index (χ2n) is 6.11. The zero-order chi connectivity index (χ0) is 17.1. The number of hydrogen-bond acceptors (Lipinski definition) is 3. The molecule has 4 rings (SSSR count). The maximum atomic E-state index is 12.2. The van der Waals surface area contributed by atoms with Crippen LogP contribution in [0.1, 0.15) is 22.3 Å². The number of hydrogen-bond donors (Lipinski definition) is 1. The molecule has 0 saturated carbocycles. The molecule has 4 heteroatoms. The number of nitrogens with one attached hydrogen (secondary N) is 1. The summed E-state index contributed by atoms with van der Waals surface area (Å²) >= 11 is 0. The Morgan fingerprint density at radius 2 is 1.76 bits per heavy atom. The van der Waals surface area contributed by atoms with Crippen molar-refractivity contribution in [1.29, 1.82) is 0 Å². The summed E-state index contributed by atoms with van der Waals surface area (Å²) in [6.45, 7) is 0.958. The molecule has 0 aliphatic carbocycles. The van der Waals surface area contributed by atoms with E-state index in [0.29, 0.717) is 11.3 Å². The van der Waals surface area contributed by atoms with Crippen LogP contribution in [0.4, 0.5) is 17.2 Å². The van der Waals surface area contributed by atoms with Gasteiger partial charge >= 0.3 is 0 Å². The number of aromatic nitrogens is 1. The number of benzene rings is 2. The van der Waals surface area contributed by atoms with Gasteiger partial charge in [0.2, 0.25) is 0 Å². The van der Waals surface area contributed by atoms with Crippen LogP contribution >= 0.6 is 0 Å². The van der Waals surface area contributed by atoms with E-state index in [-0.39, 0.29) is 5.91 Å². The molecule has 1 amide bonds. The molecule has 1 aliphatic heterocycles. The van der Waals surface area contributed by atoms with Crippen LogP contribution in [0.15, 0.2) is 72.9 Å². The number of aryl methyl sites for hydroxylation is 1. The van der Waals surface area contributed by atoms with E-state index in [1.54, 1.807) is 18.3 Å². The zero-order valence-corrected chi connectivity index (χ0v) is 13.9. The van der Waals surface area contributed by atoms with Crippen LogP contribution in [0.3, 0.4) is 0 Å². The van der Waals surface area contributed by atoms with Crippen LogP contribution in [0, 0.1) is 0 Å². The van der Waals surface area contributed by atoms with E-state index in [9.17, 15) is 4.79 Å². The van der Waals surface area contributed by atoms with E-state index in [2.05, 4.69) is 39.5 Å². The normalized spacial score (nSPS) is 13.2. The van der Waals surface area contributed by atoms with E-state index in [1.165, 1.54) is 11.3 Å². The van der Waals surface area contributed by atoms with Gasteiger partial charge in [0.1, 0.15) is 5.82 Å². The Kier molecular flexibility index (Phi) is 4.17. The summed E-state index contributed by atoms with van der Waals surface area (Å²) in [6, 6.07) is 21.5. The van der Waals surface area contributed by atoms with E-state index < -0.39 is 0 Å². The summed E-state index contributed by atoms with van der Waals surface area (Å²) in [5.74, 6) is 0.781. The van der Waals surface area contributed by atoms with Crippen LogP contribution < -0.4 is 10.2 Å². The monoisotopic (exact) mass is 329 g/mol. The van der Waals surface area contributed by atoms with E-state index in [4.69, 9.17) is 0 Å². The minimum Gasteiger partial charge on any atom is -0.326 e. The first kappa shape index (κ1) is 15.4. The molecule has 4 nitrogen and oxygen atoms in total. The standard InChI is InChI=1S/C21H19N3O/c25-21(17-8-2-1-3-9-17)23-18-12-13-20(22-15-18)24-14-6-10-16-7-4-5-11-19(16)24/h1-5,7-9,11-13,15H,6,10,14H2,(H,23,25). The lowest BCUT2D eigenvalue weighted by Crippen LogP contribution is -2.25. The molecule has 2 heterocycles. The van der Waals surface area contributed by atoms with Crippen LogP contribution in [0.25, 0.3) is 0 Å². The van der Waals surface area contributed by atoms with Crippen molar-refractivity contribution < 1.29 is 4.79 Å². The van der Waals surface area contributed by atoms with Gasteiger partial charge < -0.3 is 10.2 Å². The molecule has 124 valence electrons. The van der Waals surface area contributed by atoms with Gasteiger partial charge in [0.15, 0.2) is 0 Å². The molecule has 0 bridgehead atoms. The average molecular weight is 329 g/mol. The third-order valence-electron chi connectivity index (χ3n) is 4.43. The van der Waals surface area contributed by atoms with Gasteiger partial charge in [-0.3, -0.25) is 4.79 Å². The Balaban J connectivity index is 1.52. The third-order valence-corrected chi connectivity index (χ3v) is 4.43. The Hall–Kier alpha value is -3.14. The predicted octanol–water partition coefficient (Wildman–Crippen LogP) is 4.42. The number of rotatable bonds is 3. The Morgan fingerprint density at radius 1 is 0.960 bits per heavy atom. The number of carbonyl (C=O) groups excluding carboxylic acids is 1. The molecule has 1 aromatic heterocycles. The van der Waals surface area contributed by atoms with E-state index >= 15 is 0 Å². The zero-order valence-electron chi connectivity index (χ0n) is 13.9. The van der Waals surface area contributed by atoms with Crippen molar-refractivity contribution in [1.82, 2.24) is 4.98 Å². The van der Waals surface area contributed by atoms with E-state index in [0.717, 1.165) is 25.2 Å². The average Bonchev–Trinajstić information content (AvgIpc) is 2.69. The molecule has 0 unspecified atom stereocenters. The molecular formula is C21H19N3O. The summed E-state index contributed by atoms with van der Waals surface area (Å²) < 4.78 is 0. The highest BCUT2D eigenvalue weighted by molar-refractivity contribution is 6.04.